The van der Waals surface area contributed by atoms with E-state index in [1.807, 2.05) is 0 Å². The van der Waals surface area contributed by atoms with Gasteiger partial charge in [0.25, 0.3) is 0 Å². The average molecular weight is 136 g/mol. The highest BCUT2D eigenvalue weighted by Crippen LogP contribution is 2.36. The Morgan fingerprint density at radius 3 is 1.90 bits per heavy atom. The van der Waals surface area contributed by atoms with E-state index < -0.39 is 17.4 Å². The van der Waals surface area contributed by atoms with E-state index in [1.54, 1.807) is 24.3 Å². The van der Waals surface area contributed by atoms with Crippen molar-refractivity contribution >= 4 is 11.9 Å². The molecule has 1 aliphatic carbocycles. The number of esters is 2. The Kier molecular flexibility index (Phi) is 0.740. The summed E-state index contributed by atoms with van der Waals surface area (Å²) in [6.45, 7) is 0. The van der Waals surface area contributed by atoms with E-state index in [1.165, 1.54) is 0 Å². The highest BCUT2D eigenvalue weighted by molar-refractivity contribution is 6.18. The Morgan fingerprint density at radius 1 is 1.10 bits per heavy atom. The maximum Gasteiger partial charge on any atom is 0.339 e. The van der Waals surface area contributed by atoms with E-state index in [2.05, 4.69) is 4.74 Å². The van der Waals surface area contributed by atoms with Gasteiger partial charge in [0.2, 0.25) is 5.41 Å². The third-order valence-corrected chi connectivity index (χ3v) is 1.69. The molecule has 3 nitrogen and oxygen atoms in total. The minimum absolute atomic E-state index is 0.470. The fraction of sp³-hybridized carbons (Fsp3) is 0.143. The van der Waals surface area contributed by atoms with Gasteiger partial charge in [-0.1, -0.05) is 24.3 Å². The van der Waals surface area contributed by atoms with Crippen LogP contribution >= 0.6 is 0 Å². The number of cyclic esters (lactones) is 2. The second-order valence-electron chi connectivity index (χ2n) is 2.26. The average Bonchev–Trinajstić information content (AvgIpc) is 2.37. The zero-order valence-electron chi connectivity index (χ0n) is 5.03. The maximum absolute atomic E-state index is 10.7. The smallest absolute Gasteiger partial charge is 0.339 e. The molecule has 0 aromatic heterocycles. The van der Waals surface area contributed by atoms with E-state index >= 15 is 0 Å². The van der Waals surface area contributed by atoms with Crippen molar-refractivity contribution in [2.24, 2.45) is 5.41 Å². The number of hydrogen-bond donors (Lipinski definition) is 0. The Labute approximate surface area is 57.0 Å². The molecule has 50 valence electrons. The monoisotopic (exact) mass is 136 g/mol. The molecule has 0 radical (unpaired) electrons. The second-order valence-corrected chi connectivity index (χ2v) is 2.26. The molecule has 0 amide bonds. The van der Waals surface area contributed by atoms with Crippen LogP contribution in [0.5, 0.6) is 0 Å². The molecule has 3 heteroatoms. The Balaban J connectivity index is 2.46. The summed E-state index contributed by atoms with van der Waals surface area (Å²) in [6.07, 6.45) is 6.42. The van der Waals surface area contributed by atoms with Crippen LogP contribution in [0.4, 0.5) is 0 Å². The summed E-state index contributed by atoms with van der Waals surface area (Å²) in [5.41, 5.74) is -1.03. The highest BCUT2D eigenvalue weighted by Gasteiger charge is 2.56. The van der Waals surface area contributed by atoms with E-state index in [0.29, 0.717) is 0 Å². The van der Waals surface area contributed by atoms with Gasteiger partial charge in [-0.15, -0.1) is 0 Å². The van der Waals surface area contributed by atoms with Crippen LogP contribution in [0.25, 0.3) is 0 Å². The first-order valence-electron chi connectivity index (χ1n) is 2.89. The lowest BCUT2D eigenvalue weighted by Crippen LogP contribution is -2.49. The lowest BCUT2D eigenvalue weighted by molar-refractivity contribution is -0.187. The largest absolute Gasteiger partial charge is 0.390 e. The van der Waals surface area contributed by atoms with Crippen molar-refractivity contribution in [2.75, 3.05) is 0 Å². The Bertz CT molecular complexity index is 245. The van der Waals surface area contributed by atoms with Crippen LogP contribution in [0.3, 0.4) is 0 Å². The van der Waals surface area contributed by atoms with Gasteiger partial charge >= 0.3 is 11.9 Å². The van der Waals surface area contributed by atoms with Gasteiger partial charge in [-0.05, 0) is 0 Å². The molecule has 0 N–H and O–H groups in total. The number of ether oxygens (including phenoxy) is 1. The predicted octanol–water partition coefficient (Wildman–Crippen LogP) is 0.182. The summed E-state index contributed by atoms with van der Waals surface area (Å²) in [5, 5.41) is 0. The first-order valence-corrected chi connectivity index (χ1v) is 2.89. The van der Waals surface area contributed by atoms with Crippen molar-refractivity contribution in [3.63, 3.8) is 0 Å². The van der Waals surface area contributed by atoms with Crippen LogP contribution in [-0.4, -0.2) is 11.9 Å². The van der Waals surface area contributed by atoms with Gasteiger partial charge in [0.15, 0.2) is 0 Å². The van der Waals surface area contributed by atoms with Crippen molar-refractivity contribution in [1.29, 1.82) is 0 Å². The summed E-state index contributed by atoms with van der Waals surface area (Å²) < 4.78 is 4.20. The van der Waals surface area contributed by atoms with Gasteiger partial charge in [0.1, 0.15) is 0 Å². The molecule has 1 fully saturated rings. The van der Waals surface area contributed by atoms with Gasteiger partial charge in [-0.25, -0.2) is 9.59 Å². The Hall–Kier alpha value is -1.38. The van der Waals surface area contributed by atoms with Gasteiger partial charge in [0, 0.05) is 0 Å². The summed E-state index contributed by atoms with van der Waals surface area (Å²) in [5.74, 6) is -0.940. The van der Waals surface area contributed by atoms with Crippen LogP contribution in [0.2, 0.25) is 0 Å². The molecule has 10 heavy (non-hydrogen) atoms. The molecule has 0 aromatic carbocycles. The van der Waals surface area contributed by atoms with E-state index in [9.17, 15) is 9.59 Å². The second kappa shape index (κ2) is 1.37. The zero-order valence-corrected chi connectivity index (χ0v) is 5.03. The number of allylic oxidation sites excluding steroid dienone is 2. The van der Waals surface area contributed by atoms with E-state index in [4.69, 9.17) is 0 Å². The van der Waals surface area contributed by atoms with Crippen LogP contribution in [-0.2, 0) is 14.3 Å². The minimum Gasteiger partial charge on any atom is -0.390 e. The molecule has 0 unspecified atom stereocenters. The van der Waals surface area contributed by atoms with Crippen LogP contribution in [0.1, 0.15) is 0 Å². The molecule has 1 heterocycles. The van der Waals surface area contributed by atoms with Gasteiger partial charge in [-0.2, -0.15) is 0 Å². The van der Waals surface area contributed by atoms with Crippen molar-refractivity contribution in [2.45, 2.75) is 0 Å². The molecule has 0 atom stereocenters. The maximum atomic E-state index is 10.7. The highest BCUT2D eigenvalue weighted by atomic mass is 16.6. The molecule has 0 bridgehead atoms. The van der Waals surface area contributed by atoms with Crippen LogP contribution < -0.4 is 0 Å². The molecule has 1 aliphatic heterocycles. The SMILES string of the molecule is O=C1OC(=O)C12C=CC=C2. The normalized spacial score (nSPS) is 25.2. The lowest BCUT2D eigenvalue weighted by atomic mass is 9.86. The number of carbonyl (C=O) groups excluding carboxylic acids is 2. The predicted molar refractivity (Wildman–Crippen MR) is 31.8 cm³/mol. The quantitative estimate of drug-likeness (QED) is 0.352. The standard InChI is InChI=1S/C7H4O3/c8-5-7(6(9)10-5)3-1-2-4-7/h1-4H. The molecule has 0 saturated carbocycles. The summed E-state index contributed by atoms with van der Waals surface area (Å²) >= 11 is 0. The number of carbonyl (C=O) groups is 2. The molecular formula is C7H4O3. The first-order chi connectivity index (χ1) is 4.76. The number of rotatable bonds is 0. The van der Waals surface area contributed by atoms with Crippen molar-refractivity contribution in [3.8, 4) is 0 Å². The van der Waals surface area contributed by atoms with Gasteiger partial charge in [0.05, 0.1) is 0 Å². The summed E-state index contributed by atoms with van der Waals surface area (Å²) in [6, 6.07) is 0. The van der Waals surface area contributed by atoms with Crippen molar-refractivity contribution in [3.05, 3.63) is 24.3 Å². The third kappa shape index (κ3) is 0.375. The fourth-order valence-corrected chi connectivity index (χ4v) is 1.03. The molecule has 1 saturated heterocycles. The van der Waals surface area contributed by atoms with Crippen LogP contribution in [0, 0.1) is 5.41 Å². The van der Waals surface area contributed by atoms with Crippen molar-refractivity contribution in [1.82, 2.24) is 0 Å². The molecule has 1 spiro atoms. The van der Waals surface area contributed by atoms with E-state index in [0.717, 1.165) is 0 Å². The lowest BCUT2D eigenvalue weighted by Gasteiger charge is -2.28. The molecular weight excluding hydrogens is 132 g/mol. The Morgan fingerprint density at radius 2 is 1.60 bits per heavy atom. The first kappa shape index (κ1) is 5.41. The molecule has 2 aliphatic rings. The fourth-order valence-electron chi connectivity index (χ4n) is 1.03. The van der Waals surface area contributed by atoms with E-state index in [-0.39, 0.29) is 0 Å². The topological polar surface area (TPSA) is 43.4 Å². The van der Waals surface area contributed by atoms with Crippen molar-refractivity contribution < 1.29 is 14.3 Å². The zero-order chi connectivity index (χ0) is 7.19. The molecule has 0 aromatic rings. The summed E-state index contributed by atoms with van der Waals surface area (Å²) in [4.78, 5) is 21.4. The minimum atomic E-state index is -1.03. The molecule has 2 rings (SSSR count). The van der Waals surface area contributed by atoms with Gasteiger partial charge in [-0.3, -0.25) is 0 Å². The number of hydrogen-bond acceptors (Lipinski definition) is 3. The van der Waals surface area contributed by atoms with Gasteiger partial charge < -0.3 is 4.74 Å². The summed E-state index contributed by atoms with van der Waals surface area (Å²) in [7, 11) is 0. The van der Waals surface area contributed by atoms with Crippen LogP contribution in [0.15, 0.2) is 24.3 Å². The third-order valence-electron chi connectivity index (χ3n) is 1.69.